The maximum atomic E-state index is 12.9. The fraction of sp³-hybridized carbons (Fsp3) is 0.300. The number of halogens is 1. The second kappa shape index (κ2) is 4.07. The van der Waals surface area contributed by atoms with E-state index < -0.39 is 11.9 Å². The molecule has 0 heterocycles. The predicted molar refractivity (Wildman–Crippen MR) is 50.1 cm³/mol. The van der Waals surface area contributed by atoms with Crippen LogP contribution < -0.4 is 0 Å². The van der Waals surface area contributed by atoms with Crippen LogP contribution in [0.1, 0.15) is 11.6 Å². The minimum Gasteiger partial charge on any atom is -0.508 e. The Balaban J connectivity index is 3.12. The van der Waals surface area contributed by atoms with Gasteiger partial charge in [0.15, 0.2) is 0 Å². The van der Waals surface area contributed by atoms with Crippen LogP contribution in [0.5, 0.6) is 5.75 Å². The summed E-state index contributed by atoms with van der Waals surface area (Å²) < 4.78 is 12.9. The van der Waals surface area contributed by atoms with Gasteiger partial charge in [0, 0.05) is 6.07 Å². The van der Waals surface area contributed by atoms with Crippen molar-refractivity contribution in [1.82, 2.24) is 4.90 Å². The third kappa shape index (κ3) is 2.21. The molecule has 0 radical (unpaired) electrons. The Morgan fingerprint density at radius 1 is 1.43 bits per heavy atom. The van der Waals surface area contributed by atoms with Gasteiger partial charge in [-0.3, -0.25) is 4.90 Å². The number of aromatic hydroxyl groups is 1. The molecule has 0 aromatic heterocycles. The number of nitriles is 1. The Labute approximate surface area is 82.0 Å². The molecule has 0 fully saturated rings. The zero-order valence-corrected chi connectivity index (χ0v) is 8.03. The van der Waals surface area contributed by atoms with Crippen molar-refractivity contribution in [3.8, 4) is 11.8 Å². The molecule has 0 saturated heterocycles. The Bertz CT molecular complexity index is 351. The Morgan fingerprint density at radius 3 is 2.50 bits per heavy atom. The smallest absolute Gasteiger partial charge is 0.127 e. The van der Waals surface area contributed by atoms with Crippen molar-refractivity contribution in [3.05, 3.63) is 29.6 Å². The first-order valence-electron chi connectivity index (χ1n) is 4.10. The van der Waals surface area contributed by atoms with E-state index in [2.05, 4.69) is 0 Å². The van der Waals surface area contributed by atoms with E-state index in [9.17, 15) is 4.39 Å². The largest absolute Gasteiger partial charge is 0.508 e. The van der Waals surface area contributed by atoms with Gasteiger partial charge in [0.1, 0.15) is 17.6 Å². The second-order valence-electron chi connectivity index (χ2n) is 3.24. The van der Waals surface area contributed by atoms with E-state index in [1.54, 1.807) is 19.0 Å². The highest BCUT2D eigenvalue weighted by molar-refractivity contribution is 5.32. The zero-order valence-electron chi connectivity index (χ0n) is 8.03. The number of nitrogens with zero attached hydrogens (tertiary/aromatic N) is 2. The number of phenols is 1. The summed E-state index contributed by atoms with van der Waals surface area (Å²) in [6.07, 6.45) is 0. The first-order chi connectivity index (χ1) is 6.54. The summed E-state index contributed by atoms with van der Waals surface area (Å²) in [6, 6.07) is 5.11. The van der Waals surface area contributed by atoms with Gasteiger partial charge in [-0.2, -0.15) is 5.26 Å². The van der Waals surface area contributed by atoms with Crippen LogP contribution in [0.4, 0.5) is 4.39 Å². The molecular formula is C10H11FN2O. The maximum absolute atomic E-state index is 12.9. The molecule has 1 unspecified atom stereocenters. The standard InChI is InChI=1S/C10H11FN2O/c1-13(2)10(6-12)7-3-8(11)5-9(14)4-7/h3-5,10,14H,1-2H3. The average molecular weight is 194 g/mol. The third-order valence-electron chi connectivity index (χ3n) is 1.86. The number of rotatable bonds is 2. The van der Waals surface area contributed by atoms with E-state index in [1.165, 1.54) is 12.1 Å². The summed E-state index contributed by atoms with van der Waals surface area (Å²) in [5.74, 6) is -0.704. The molecule has 4 heteroatoms. The van der Waals surface area contributed by atoms with Crippen molar-refractivity contribution < 1.29 is 9.50 Å². The number of hydrogen-bond acceptors (Lipinski definition) is 3. The normalized spacial score (nSPS) is 12.5. The van der Waals surface area contributed by atoms with Crippen molar-refractivity contribution in [2.24, 2.45) is 0 Å². The first kappa shape index (κ1) is 10.5. The van der Waals surface area contributed by atoms with E-state index in [0.29, 0.717) is 5.56 Å². The first-order valence-corrected chi connectivity index (χ1v) is 4.10. The van der Waals surface area contributed by atoms with Crippen molar-refractivity contribution in [2.45, 2.75) is 6.04 Å². The van der Waals surface area contributed by atoms with Gasteiger partial charge in [-0.1, -0.05) is 0 Å². The minimum atomic E-state index is -0.545. The zero-order chi connectivity index (χ0) is 10.7. The van der Waals surface area contributed by atoms with Gasteiger partial charge in [0.05, 0.1) is 6.07 Å². The number of phenolic OH excluding ortho intramolecular Hbond substituents is 1. The molecule has 0 aliphatic heterocycles. The van der Waals surface area contributed by atoms with Gasteiger partial charge >= 0.3 is 0 Å². The van der Waals surface area contributed by atoms with Crippen LogP contribution in [0.25, 0.3) is 0 Å². The number of benzene rings is 1. The van der Waals surface area contributed by atoms with Gasteiger partial charge in [0.2, 0.25) is 0 Å². The molecule has 1 atom stereocenters. The van der Waals surface area contributed by atoms with Crippen LogP contribution in [0, 0.1) is 17.1 Å². The molecule has 0 bridgehead atoms. The van der Waals surface area contributed by atoms with Gasteiger partial charge in [-0.25, -0.2) is 4.39 Å². The van der Waals surface area contributed by atoms with Crippen molar-refractivity contribution in [3.63, 3.8) is 0 Å². The summed E-state index contributed by atoms with van der Waals surface area (Å²) in [5, 5.41) is 18.0. The summed E-state index contributed by atoms with van der Waals surface area (Å²) in [7, 11) is 3.44. The summed E-state index contributed by atoms with van der Waals surface area (Å²) in [4.78, 5) is 1.65. The van der Waals surface area contributed by atoms with Crippen LogP contribution in [0.15, 0.2) is 18.2 Å². The minimum absolute atomic E-state index is 0.165. The van der Waals surface area contributed by atoms with Crippen LogP contribution in [-0.4, -0.2) is 24.1 Å². The summed E-state index contributed by atoms with van der Waals surface area (Å²) >= 11 is 0. The SMILES string of the molecule is CN(C)C(C#N)c1cc(O)cc(F)c1. The fourth-order valence-electron chi connectivity index (χ4n) is 1.24. The van der Waals surface area contributed by atoms with Gasteiger partial charge < -0.3 is 5.11 Å². The van der Waals surface area contributed by atoms with Gasteiger partial charge in [0.25, 0.3) is 0 Å². The molecule has 0 saturated carbocycles. The maximum Gasteiger partial charge on any atom is 0.127 e. The Kier molecular flexibility index (Phi) is 3.05. The van der Waals surface area contributed by atoms with Gasteiger partial charge in [-0.15, -0.1) is 0 Å². The molecule has 3 nitrogen and oxygen atoms in total. The molecule has 14 heavy (non-hydrogen) atoms. The molecule has 0 spiro atoms. The van der Waals surface area contributed by atoms with E-state index in [4.69, 9.17) is 10.4 Å². The Morgan fingerprint density at radius 2 is 2.07 bits per heavy atom. The predicted octanol–water partition coefficient (Wildman–Crippen LogP) is 1.66. The topological polar surface area (TPSA) is 47.3 Å². The van der Waals surface area contributed by atoms with Crippen molar-refractivity contribution >= 4 is 0 Å². The van der Waals surface area contributed by atoms with E-state index in [0.717, 1.165) is 6.07 Å². The van der Waals surface area contributed by atoms with Crippen LogP contribution >= 0.6 is 0 Å². The van der Waals surface area contributed by atoms with E-state index >= 15 is 0 Å². The second-order valence-corrected chi connectivity index (χ2v) is 3.24. The van der Waals surface area contributed by atoms with Gasteiger partial charge in [-0.05, 0) is 31.8 Å². The van der Waals surface area contributed by atoms with Crippen LogP contribution in [-0.2, 0) is 0 Å². The van der Waals surface area contributed by atoms with Crippen LogP contribution in [0.3, 0.4) is 0 Å². The lowest BCUT2D eigenvalue weighted by molar-refractivity contribution is 0.355. The lowest BCUT2D eigenvalue weighted by atomic mass is 10.1. The quantitative estimate of drug-likeness (QED) is 0.778. The molecule has 1 aromatic rings. The summed E-state index contributed by atoms with van der Waals surface area (Å²) in [5.41, 5.74) is 0.454. The number of hydrogen-bond donors (Lipinski definition) is 1. The van der Waals surface area contributed by atoms with Crippen molar-refractivity contribution in [1.29, 1.82) is 5.26 Å². The highest BCUT2D eigenvalue weighted by Crippen LogP contribution is 2.22. The highest BCUT2D eigenvalue weighted by Gasteiger charge is 2.14. The molecule has 0 aliphatic rings. The molecule has 1 aromatic carbocycles. The fourth-order valence-corrected chi connectivity index (χ4v) is 1.24. The highest BCUT2D eigenvalue weighted by atomic mass is 19.1. The van der Waals surface area contributed by atoms with Crippen molar-refractivity contribution in [2.75, 3.05) is 14.1 Å². The van der Waals surface area contributed by atoms with E-state index in [1.807, 2.05) is 6.07 Å². The average Bonchev–Trinajstić information content (AvgIpc) is 2.02. The molecule has 0 aliphatic carbocycles. The molecule has 1 N–H and O–H groups in total. The lowest BCUT2D eigenvalue weighted by Gasteiger charge is -2.17. The molecule has 74 valence electrons. The summed E-state index contributed by atoms with van der Waals surface area (Å²) in [6.45, 7) is 0. The lowest BCUT2D eigenvalue weighted by Crippen LogP contribution is -2.18. The monoisotopic (exact) mass is 194 g/mol. The Hall–Kier alpha value is -1.60. The molecular weight excluding hydrogens is 183 g/mol. The molecule has 1 rings (SSSR count). The van der Waals surface area contributed by atoms with Crippen LogP contribution in [0.2, 0.25) is 0 Å². The van der Waals surface area contributed by atoms with E-state index in [-0.39, 0.29) is 5.75 Å². The third-order valence-corrected chi connectivity index (χ3v) is 1.86. The molecule has 0 amide bonds.